The molecule has 0 atom stereocenters. The summed E-state index contributed by atoms with van der Waals surface area (Å²) in [5, 5.41) is 8.71. The molecule has 2 rings (SSSR count). The molecule has 0 fully saturated rings. The molecule has 0 aliphatic rings. The maximum absolute atomic E-state index is 10.6. The van der Waals surface area contributed by atoms with E-state index in [4.69, 9.17) is 9.84 Å². The number of ether oxygens (including phenoxy) is 1. The second kappa shape index (κ2) is 9.77. The summed E-state index contributed by atoms with van der Waals surface area (Å²) in [7, 11) is 0. The third kappa shape index (κ3) is 4.95. The fourth-order valence-electron chi connectivity index (χ4n) is 3.94. The van der Waals surface area contributed by atoms with Crippen LogP contribution in [0.15, 0.2) is 36.4 Å². The SMILES string of the molecule is CCC(CC)(c1ccc(C)c(C)c1)c1ccc(OCCCCC(=O)O)c(C)c1. The predicted octanol–water partition coefficient (Wildman–Crippen LogP) is 6.35. The Bertz CT molecular complexity index is 803. The van der Waals surface area contributed by atoms with Gasteiger partial charge in [0.15, 0.2) is 0 Å². The van der Waals surface area contributed by atoms with Crippen LogP contribution >= 0.6 is 0 Å². The third-order valence-corrected chi connectivity index (χ3v) is 6.04. The first-order chi connectivity index (χ1) is 13.3. The van der Waals surface area contributed by atoms with Crippen molar-refractivity contribution >= 4 is 5.97 Å². The molecule has 3 nitrogen and oxygen atoms in total. The normalized spacial score (nSPS) is 11.5. The van der Waals surface area contributed by atoms with Gasteiger partial charge in [-0.3, -0.25) is 4.79 Å². The molecule has 0 radical (unpaired) electrons. The highest BCUT2D eigenvalue weighted by Crippen LogP contribution is 2.40. The van der Waals surface area contributed by atoms with E-state index in [1.54, 1.807) is 0 Å². The molecule has 0 spiro atoms. The van der Waals surface area contributed by atoms with Crippen LogP contribution in [-0.2, 0) is 10.2 Å². The Kier molecular flexibility index (Phi) is 7.68. The van der Waals surface area contributed by atoms with Crippen molar-refractivity contribution in [1.29, 1.82) is 0 Å². The van der Waals surface area contributed by atoms with Gasteiger partial charge in [-0.25, -0.2) is 0 Å². The highest BCUT2D eigenvalue weighted by molar-refractivity contribution is 5.66. The maximum Gasteiger partial charge on any atom is 0.303 e. The first-order valence-electron chi connectivity index (χ1n) is 10.4. The quantitative estimate of drug-likeness (QED) is 0.487. The zero-order chi connectivity index (χ0) is 20.7. The monoisotopic (exact) mass is 382 g/mol. The number of carboxylic acids is 1. The summed E-state index contributed by atoms with van der Waals surface area (Å²) in [5.74, 6) is 0.141. The van der Waals surface area contributed by atoms with Gasteiger partial charge in [-0.1, -0.05) is 44.2 Å². The molecule has 0 unspecified atom stereocenters. The van der Waals surface area contributed by atoms with Gasteiger partial charge in [0.25, 0.3) is 0 Å². The summed E-state index contributed by atoms with van der Waals surface area (Å²) in [5.41, 5.74) is 6.50. The summed E-state index contributed by atoms with van der Waals surface area (Å²) in [6, 6.07) is 13.4. The van der Waals surface area contributed by atoms with Crippen molar-refractivity contribution < 1.29 is 14.6 Å². The summed E-state index contributed by atoms with van der Waals surface area (Å²) in [6.45, 7) is 11.5. The number of aryl methyl sites for hydroxylation is 3. The molecule has 0 aromatic heterocycles. The molecule has 0 saturated heterocycles. The number of aliphatic carboxylic acids is 1. The van der Waals surface area contributed by atoms with Gasteiger partial charge in [-0.05, 0) is 80.3 Å². The summed E-state index contributed by atoms with van der Waals surface area (Å²) in [4.78, 5) is 10.6. The van der Waals surface area contributed by atoms with Gasteiger partial charge in [0.05, 0.1) is 6.61 Å². The van der Waals surface area contributed by atoms with Crippen molar-refractivity contribution in [1.82, 2.24) is 0 Å². The van der Waals surface area contributed by atoms with Gasteiger partial charge < -0.3 is 9.84 Å². The lowest BCUT2D eigenvalue weighted by Gasteiger charge is -2.34. The van der Waals surface area contributed by atoms with E-state index in [-0.39, 0.29) is 11.8 Å². The average molecular weight is 383 g/mol. The lowest BCUT2D eigenvalue weighted by molar-refractivity contribution is -0.137. The minimum absolute atomic E-state index is 0.00321. The molecule has 1 N–H and O–H groups in total. The largest absolute Gasteiger partial charge is 0.493 e. The zero-order valence-corrected chi connectivity index (χ0v) is 18.0. The molecule has 0 amide bonds. The molecule has 0 bridgehead atoms. The standard InChI is InChI=1S/C25H34O3/c1-6-25(7-2,21-12-11-18(3)19(4)16-21)22-13-14-23(20(5)17-22)28-15-9-8-10-24(26)27/h11-14,16-17H,6-10,15H2,1-5H3,(H,26,27). The second-order valence-electron chi connectivity index (χ2n) is 7.77. The van der Waals surface area contributed by atoms with Gasteiger partial charge >= 0.3 is 5.97 Å². The molecule has 28 heavy (non-hydrogen) atoms. The number of carboxylic acid groups (broad SMARTS) is 1. The van der Waals surface area contributed by atoms with Gasteiger partial charge in [0.2, 0.25) is 0 Å². The molecule has 2 aromatic carbocycles. The van der Waals surface area contributed by atoms with Crippen molar-refractivity contribution in [2.24, 2.45) is 0 Å². The molecule has 0 saturated carbocycles. The summed E-state index contributed by atoms with van der Waals surface area (Å²) in [6.07, 6.45) is 3.69. The fraction of sp³-hybridized carbons (Fsp3) is 0.480. The van der Waals surface area contributed by atoms with Crippen molar-refractivity contribution in [2.75, 3.05) is 6.61 Å². The smallest absolute Gasteiger partial charge is 0.303 e. The van der Waals surface area contributed by atoms with Gasteiger partial charge in [-0.15, -0.1) is 0 Å². The molecule has 152 valence electrons. The van der Waals surface area contributed by atoms with Crippen LogP contribution in [0.2, 0.25) is 0 Å². The Morgan fingerprint density at radius 1 is 0.893 bits per heavy atom. The minimum Gasteiger partial charge on any atom is -0.493 e. The van der Waals surface area contributed by atoms with Crippen LogP contribution < -0.4 is 4.74 Å². The number of unbranched alkanes of at least 4 members (excludes halogenated alkanes) is 1. The Hall–Kier alpha value is -2.29. The fourth-order valence-corrected chi connectivity index (χ4v) is 3.94. The second-order valence-corrected chi connectivity index (χ2v) is 7.77. The number of carbonyl (C=O) groups is 1. The van der Waals surface area contributed by atoms with E-state index in [2.05, 4.69) is 71.0 Å². The summed E-state index contributed by atoms with van der Waals surface area (Å²) < 4.78 is 5.90. The zero-order valence-electron chi connectivity index (χ0n) is 18.0. The van der Waals surface area contributed by atoms with Gasteiger partial charge in [0.1, 0.15) is 5.75 Å². The lowest BCUT2D eigenvalue weighted by atomic mass is 9.70. The summed E-state index contributed by atoms with van der Waals surface area (Å²) >= 11 is 0. The number of benzene rings is 2. The molecule has 0 aliphatic heterocycles. The molecule has 2 aromatic rings. The van der Waals surface area contributed by atoms with Crippen LogP contribution in [0.4, 0.5) is 0 Å². The van der Waals surface area contributed by atoms with E-state index in [1.807, 2.05) is 0 Å². The lowest BCUT2D eigenvalue weighted by Crippen LogP contribution is -2.26. The maximum atomic E-state index is 10.6. The first-order valence-corrected chi connectivity index (χ1v) is 10.4. The molecule has 3 heteroatoms. The number of hydrogen-bond acceptors (Lipinski definition) is 2. The molecular formula is C25H34O3. The number of rotatable bonds is 10. The first kappa shape index (κ1) is 22.0. The Balaban J connectivity index is 2.22. The van der Waals surface area contributed by atoms with Crippen molar-refractivity contribution in [2.45, 2.75) is 72.1 Å². The Morgan fingerprint density at radius 2 is 1.50 bits per heavy atom. The third-order valence-electron chi connectivity index (χ3n) is 6.04. The van der Waals surface area contributed by atoms with Crippen LogP contribution in [0.5, 0.6) is 5.75 Å². The van der Waals surface area contributed by atoms with Crippen LogP contribution in [0.25, 0.3) is 0 Å². The van der Waals surface area contributed by atoms with Crippen molar-refractivity contribution in [3.05, 3.63) is 64.2 Å². The Labute approximate surface area is 169 Å². The van der Waals surface area contributed by atoms with Gasteiger partial charge in [0, 0.05) is 11.8 Å². The number of hydrogen-bond donors (Lipinski definition) is 1. The van der Waals surface area contributed by atoms with Crippen LogP contribution in [0.1, 0.15) is 73.8 Å². The van der Waals surface area contributed by atoms with Crippen LogP contribution in [-0.4, -0.2) is 17.7 Å². The van der Waals surface area contributed by atoms with Crippen molar-refractivity contribution in [3.63, 3.8) is 0 Å². The van der Waals surface area contributed by atoms with E-state index < -0.39 is 5.97 Å². The van der Waals surface area contributed by atoms with Crippen molar-refractivity contribution in [3.8, 4) is 5.75 Å². The van der Waals surface area contributed by atoms with E-state index >= 15 is 0 Å². The molecule has 0 aliphatic carbocycles. The van der Waals surface area contributed by atoms with E-state index in [0.717, 1.165) is 30.6 Å². The highest BCUT2D eigenvalue weighted by Gasteiger charge is 2.31. The van der Waals surface area contributed by atoms with E-state index in [1.165, 1.54) is 22.3 Å². The topological polar surface area (TPSA) is 46.5 Å². The van der Waals surface area contributed by atoms with E-state index in [9.17, 15) is 4.79 Å². The van der Waals surface area contributed by atoms with E-state index in [0.29, 0.717) is 13.0 Å². The Morgan fingerprint density at radius 3 is 2.04 bits per heavy atom. The van der Waals surface area contributed by atoms with Gasteiger partial charge in [-0.2, -0.15) is 0 Å². The molecule has 0 heterocycles. The molecular weight excluding hydrogens is 348 g/mol. The minimum atomic E-state index is -0.748. The predicted molar refractivity (Wildman–Crippen MR) is 115 cm³/mol. The average Bonchev–Trinajstić information content (AvgIpc) is 2.67. The van der Waals surface area contributed by atoms with Crippen LogP contribution in [0, 0.1) is 20.8 Å². The highest BCUT2D eigenvalue weighted by atomic mass is 16.5. The van der Waals surface area contributed by atoms with Crippen LogP contribution in [0.3, 0.4) is 0 Å².